The van der Waals surface area contributed by atoms with E-state index in [1.54, 1.807) is 0 Å². The number of H-pyrrole nitrogens is 1. The number of hydrogen-bond acceptors (Lipinski definition) is 1. The van der Waals surface area contributed by atoms with Gasteiger partial charge in [-0.3, -0.25) is 0 Å². The van der Waals surface area contributed by atoms with Crippen molar-refractivity contribution in [2.24, 2.45) is 5.92 Å². The summed E-state index contributed by atoms with van der Waals surface area (Å²) in [7, 11) is 0. The van der Waals surface area contributed by atoms with E-state index < -0.39 is 0 Å². The minimum Gasteiger partial charge on any atom is -0.361 e. The summed E-state index contributed by atoms with van der Waals surface area (Å²) in [5, 5.41) is 4.86. The third kappa shape index (κ3) is 1.98. The van der Waals surface area contributed by atoms with Gasteiger partial charge in [0.1, 0.15) is 0 Å². The summed E-state index contributed by atoms with van der Waals surface area (Å²) in [5.41, 5.74) is 2.61. The van der Waals surface area contributed by atoms with Gasteiger partial charge in [-0.05, 0) is 54.5 Å². The van der Waals surface area contributed by atoms with Gasteiger partial charge in [0.15, 0.2) is 0 Å². The number of fused-ring (bicyclic) bond motifs is 1. The number of benzene rings is 1. The summed E-state index contributed by atoms with van der Waals surface area (Å²) < 4.78 is 0. The summed E-state index contributed by atoms with van der Waals surface area (Å²) in [6, 6.07) is 8.76. The van der Waals surface area contributed by atoms with E-state index in [1.165, 1.54) is 42.3 Å². The molecule has 16 heavy (non-hydrogen) atoms. The fourth-order valence-electron chi connectivity index (χ4n) is 2.33. The van der Waals surface area contributed by atoms with Crippen LogP contribution in [0.4, 0.5) is 0 Å². The lowest BCUT2D eigenvalue weighted by Crippen LogP contribution is -2.26. The van der Waals surface area contributed by atoms with E-state index in [-0.39, 0.29) is 0 Å². The monoisotopic (exact) mass is 214 g/mol. The molecular formula is C14H18N2. The molecule has 1 fully saturated rings. The third-order valence-corrected chi connectivity index (χ3v) is 3.60. The zero-order valence-electron chi connectivity index (χ0n) is 9.50. The molecule has 84 valence electrons. The molecule has 0 amide bonds. The minimum atomic E-state index is 0.941. The summed E-state index contributed by atoms with van der Waals surface area (Å²) in [6.45, 7) is 2.18. The molecule has 0 unspecified atom stereocenters. The van der Waals surface area contributed by atoms with Crippen LogP contribution in [0.1, 0.15) is 24.8 Å². The highest BCUT2D eigenvalue weighted by molar-refractivity contribution is 5.79. The van der Waals surface area contributed by atoms with Gasteiger partial charge in [0, 0.05) is 18.3 Å². The first-order valence-electron chi connectivity index (χ1n) is 6.18. The second kappa shape index (κ2) is 4.30. The highest BCUT2D eigenvalue weighted by atomic mass is 14.9. The molecule has 1 heterocycles. The average molecular weight is 214 g/mol. The Balaban J connectivity index is 1.60. The van der Waals surface area contributed by atoms with E-state index in [1.807, 2.05) is 6.20 Å². The van der Waals surface area contributed by atoms with E-state index in [9.17, 15) is 0 Å². The van der Waals surface area contributed by atoms with E-state index in [0.717, 1.165) is 12.5 Å². The molecule has 1 aromatic heterocycles. The van der Waals surface area contributed by atoms with E-state index >= 15 is 0 Å². The first-order chi connectivity index (χ1) is 7.92. The third-order valence-electron chi connectivity index (χ3n) is 3.60. The summed E-state index contributed by atoms with van der Waals surface area (Å²) in [4.78, 5) is 3.22. The molecule has 1 saturated carbocycles. The van der Waals surface area contributed by atoms with Gasteiger partial charge in [-0.15, -0.1) is 0 Å². The lowest BCUT2D eigenvalue weighted by atomic mass is 9.85. The second-order valence-electron chi connectivity index (χ2n) is 4.83. The molecule has 2 aromatic rings. The highest BCUT2D eigenvalue weighted by Gasteiger charge is 2.16. The van der Waals surface area contributed by atoms with Gasteiger partial charge in [-0.25, -0.2) is 0 Å². The van der Waals surface area contributed by atoms with Crippen molar-refractivity contribution >= 4 is 10.9 Å². The van der Waals surface area contributed by atoms with Gasteiger partial charge >= 0.3 is 0 Å². The van der Waals surface area contributed by atoms with Crippen LogP contribution in [0.25, 0.3) is 10.9 Å². The summed E-state index contributed by atoms with van der Waals surface area (Å²) in [5.74, 6) is 0.941. The molecule has 0 radical (unpaired) electrons. The van der Waals surface area contributed by atoms with Crippen LogP contribution in [0.3, 0.4) is 0 Å². The minimum absolute atomic E-state index is 0.941. The van der Waals surface area contributed by atoms with Crippen molar-refractivity contribution in [3.63, 3.8) is 0 Å². The molecule has 2 heteroatoms. The van der Waals surface area contributed by atoms with Crippen LogP contribution in [0.15, 0.2) is 30.5 Å². The predicted octanol–water partition coefficient (Wildman–Crippen LogP) is 3.06. The number of rotatable bonds is 4. The summed E-state index contributed by atoms with van der Waals surface area (Å²) in [6.07, 6.45) is 6.27. The molecule has 0 saturated heterocycles. The zero-order chi connectivity index (χ0) is 10.8. The Morgan fingerprint density at radius 2 is 2.19 bits per heavy atom. The van der Waals surface area contributed by atoms with Gasteiger partial charge in [0.2, 0.25) is 0 Å². The SMILES string of the molecule is c1cc2cc(CNCC3CCC3)ccc2[nH]1. The predicted molar refractivity (Wildman–Crippen MR) is 67.3 cm³/mol. The van der Waals surface area contributed by atoms with Crippen LogP contribution in [-0.2, 0) is 6.54 Å². The topological polar surface area (TPSA) is 27.8 Å². The number of nitrogens with one attached hydrogen (secondary N) is 2. The Hall–Kier alpha value is -1.28. The maximum atomic E-state index is 3.55. The van der Waals surface area contributed by atoms with Crippen LogP contribution >= 0.6 is 0 Å². The summed E-state index contributed by atoms with van der Waals surface area (Å²) >= 11 is 0. The first kappa shape index (κ1) is 9.91. The van der Waals surface area contributed by atoms with Crippen molar-refractivity contribution in [3.8, 4) is 0 Å². The average Bonchev–Trinajstić information content (AvgIpc) is 2.68. The molecule has 0 atom stereocenters. The zero-order valence-corrected chi connectivity index (χ0v) is 9.50. The Bertz CT molecular complexity index is 468. The maximum absolute atomic E-state index is 3.55. The molecule has 1 aliphatic carbocycles. The Morgan fingerprint density at radius 3 is 3.00 bits per heavy atom. The van der Waals surface area contributed by atoms with Crippen LogP contribution in [0, 0.1) is 5.92 Å². The van der Waals surface area contributed by atoms with E-state index in [0.29, 0.717) is 0 Å². The molecule has 0 bridgehead atoms. The molecule has 3 rings (SSSR count). The van der Waals surface area contributed by atoms with Crippen LogP contribution < -0.4 is 5.32 Å². The molecule has 2 N–H and O–H groups in total. The maximum Gasteiger partial charge on any atom is 0.0454 e. The van der Waals surface area contributed by atoms with Crippen molar-refractivity contribution in [1.82, 2.24) is 10.3 Å². The largest absolute Gasteiger partial charge is 0.361 e. The molecule has 0 aliphatic heterocycles. The van der Waals surface area contributed by atoms with Crippen molar-refractivity contribution < 1.29 is 0 Å². The van der Waals surface area contributed by atoms with Crippen molar-refractivity contribution in [2.45, 2.75) is 25.8 Å². The Labute approximate surface area is 96.1 Å². The fraction of sp³-hybridized carbons (Fsp3) is 0.429. The molecular weight excluding hydrogens is 196 g/mol. The standard InChI is InChI=1S/C14H18N2/c1-2-11(3-1)9-15-10-12-4-5-14-13(8-12)6-7-16-14/h4-8,11,15-16H,1-3,9-10H2. The van der Waals surface area contributed by atoms with E-state index in [4.69, 9.17) is 0 Å². The van der Waals surface area contributed by atoms with Gasteiger partial charge in [0.25, 0.3) is 0 Å². The lowest BCUT2D eigenvalue weighted by molar-refractivity contribution is 0.301. The van der Waals surface area contributed by atoms with Crippen LogP contribution in [-0.4, -0.2) is 11.5 Å². The fourth-order valence-corrected chi connectivity index (χ4v) is 2.33. The normalized spacial score (nSPS) is 16.5. The molecule has 2 nitrogen and oxygen atoms in total. The Morgan fingerprint density at radius 1 is 1.25 bits per heavy atom. The lowest BCUT2D eigenvalue weighted by Gasteiger charge is -2.25. The van der Waals surface area contributed by atoms with Crippen molar-refractivity contribution in [1.29, 1.82) is 0 Å². The highest BCUT2D eigenvalue weighted by Crippen LogP contribution is 2.25. The van der Waals surface area contributed by atoms with Crippen molar-refractivity contribution in [2.75, 3.05) is 6.54 Å². The second-order valence-corrected chi connectivity index (χ2v) is 4.83. The van der Waals surface area contributed by atoms with Gasteiger partial charge < -0.3 is 10.3 Å². The van der Waals surface area contributed by atoms with Crippen LogP contribution in [0.5, 0.6) is 0 Å². The number of hydrogen-bond donors (Lipinski definition) is 2. The Kier molecular flexibility index (Phi) is 2.66. The number of aromatic amines is 1. The van der Waals surface area contributed by atoms with Gasteiger partial charge in [-0.1, -0.05) is 12.5 Å². The smallest absolute Gasteiger partial charge is 0.0454 e. The molecule has 1 aliphatic rings. The van der Waals surface area contributed by atoms with E-state index in [2.05, 4.69) is 34.6 Å². The van der Waals surface area contributed by atoms with Gasteiger partial charge in [-0.2, -0.15) is 0 Å². The van der Waals surface area contributed by atoms with Crippen molar-refractivity contribution in [3.05, 3.63) is 36.0 Å². The van der Waals surface area contributed by atoms with Crippen LogP contribution in [0.2, 0.25) is 0 Å². The number of aromatic nitrogens is 1. The quantitative estimate of drug-likeness (QED) is 0.804. The molecule has 1 aromatic carbocycles. The van der Waals surface area contributed by atoms with Gasteiger partial charge in [0.05, 0.1) is 0 Å². The first-order valence-corrected chi connectivity index (χ1v) is 6.18. The molecule has 0 spiro atoms.